The molecule has 0 saturated heterocycles. The molecule has 21 heavy (non-hydrogen) atoms. The Morgan fingerprint density at radius 1 is 1.10 bits per heavy atom. The standard InChI is InChI=1S/C16H29N3O2/c1-11(16(21)19-14(10-17)13-7-8-13)18-15(20)9-12-5-3-2-4-6-12/h11-14H,2-10,17H2,1H3,(H,18,20)(H,19,21). The van der Waals surface area contributed by atoms with Gasteiger partial charge in [0.2, 0.25) is 11.8 Å². The molecule has 0 bridgehead atoms. The van der Waals surface area contributed by atoms with E-state index in [0.717, 1.165) is 25.7 Å². The van der Waals surface area contributed by atoms with E-state index in [-0.39, 0.29) is 17.9 Å². The molecule has 0 spiro atoms. The fourth-order valence-corrected chi connectivity index (χ4v) is 3.19. The Labute approximate surface area is 127 Å². The second-order valence-electron chi connectivity index (χ2n) is 6.69. The molecule has 4 N–H and O–H groups in total. The van der Waals surface area contributed by atoms with E-state index >= 15 is 0 Å². The summed E-state index contributed by atoms with van der Waals surface area (Å²) in [6, 6.07) is -0.413. The van der Waals surface area contributed by atoms with Crippen LogP contribution in [-0.4, -0.2) is 30.4 Å². The van der Waals surface area contributed by atoms with Crippen molar-refractivity contribution in [3.8, 4) is 0 Å². The molecular formula is C16H29N3O2. The van der Waals surface area contributed by atoms with E-state index in [2.05, 4.69) is 10.6 Å². The zero-order chi connectivity index (χ0) is 15.2. The average molecular weight is 295 g/mol. The van der Waals surface area contributed by atoms with Crippen LogP contribution < -0.4 is 16.4 Å². The summed E-state index contributed by atoms with van der Waals surface area (Å²) in [5, 5.41) is 5.78. The quantitative estimate of drug-likeness (QED) is 0.662. The highest BCUT2D eigenvalue weighted by Gasteiger charge is 2.32. The molecule has 0 heterocycles. The Kier molecular flexibility index (Phi) is 6.03. The molecule has 2 aliphatic carbocycles. The minimum Gasteiger partial charge on any atom is -0.350 e. The number of amides is 2. The predicted molar refractivity (Wildman–Crippen MR) is 82.5 cm³/mol. The van der Waals surface area contributed by atoms with Gasteiger partial charge in [-0.05, 0) is 44.4 Å². The molecule has 120 valence electrons. The van der Waals surface area contributed by atoms with Crippen LogP contribution in [0.5, 0.6) is 0 Å². The minimum absolute atomic E-state index is 0.000250. The highest BCUT2D eigenvalue weighted by molar-refractivity contribution is 5.87. The summed E-state index contributed by atoms with van der Waals surface area (Å²) in [5.74, 6) is 0.913. The van der Waals surface area contributed by atoms with Gasteiger partial charge in [0.05, 0.1) is 0 Å². The number of nitrogens with two attached hydrogens (primary N) is 1. The first kappa shape index (κ1) is 16.3. The summed E-state index contributed by atoms with van der Waals surface area (Å²) in [7, 11) is 0. The fraction of sp³-hybridized carbons (Fsp3) is 0.875. The molecule has 0 aromatic rings. The summed E-state index contributed by atoms with van der Waals surface area (Å²) in [4.78, 5) is 24.1. The van der Waals surface area contributed by atoms with Crippen molar-refractivity contribution in [2.45, 2.75) is 70.4 Å². The zero-order valence-electron chi connectivity index (χ0n) is 13.1. The second-order valence-corrected chi connectivity index (χ2v) is 6.69. The molecule has 2 atom stereocenters. The normalized spacial score (nSPS) is 22.4. The lowest BCUT2D eigenvalue weighted by molar-refractivity contribution is -0.129. The van der Waals surface area contributed by atoms with Crippen molar-refractivity contribution >= 4 is 11.8 Å². The van der Waals surface area contributed by atoms with E-state index in [9.17, 15) is 9.59 Å². The molecule has 0 aromatic heterocycles. The molecule has 0 aromatic carbocycles. The van der Waals surface area contributed by atoms with Gasteiger partial charge in [-0.2, -0.15) is 0 Å². The summed E-state index contributed by atoms with van der Waals surface area (Å²) >= 11 is 0. The predicted octanol–water partition coefficient (Wildman–Crippen LogP) is 1.32. The molecule has 2 rings (SSSR count). The molecule has 2 saturated carbocycles. The summed E-state index contributed by atoms with van der Waals surface area (Å²) in [6.07, 6.45) is 8.88. The van der Waals surface area contributed by atoms with Gasteiger partial charge in [0.25, 0.3) is 0 Å². The highest BCUT2D eigenvalue weighted by atomic mass is 16.2. The Morgan fingerprint density at radius 3 is 2.33 bits per heavy atom. The van der Waals surface area contributed by atoms with Crippen LogP contribution in [0.15, 0.2) is 0 Å². The maximum atomic E-state index is 12.1. The van der Waals surface area contributed by atoms with Crippen molar-refractivity contribution in [2.75, 3.05) is 6.54 Å². The number of nitrogens with one attached hydrogen (secondary N) is 2. The summed E-state index contributed by atoms with van der Waals surface area (Å²) in [6.45, 7) is 2.22. The van der Waals surface area contributed by atoms with Crippen LogP contribution in [0, 0.1) is 11.8 Å². The van der Waals surface area contributed by atoms with E-state index < -0.39 is 6.04 Å². The zero-order valence-corrected chi connectivity index (χ0v) is 13.1. The first-order valence-corrected chi connectivity index (χ1v) is 8.40. The molecule has 5 nitrogen and oxygen atoms in total. The van der Waals surface area contributed by atoms with Crippen molar-refractivity contribution in [2.24, 2.45) is 17.6 Å². The molecular weight excluding hydrogens is 266 g/mol. The minimum atomic E-state index is -0.478. The highest BCUT2D eigenvalue weighted by Crippen LogP contribution is 2.32. The Bertz CT molecular complexity index is 363. The Morgan fingerprint density at radius 2 is 1.76 bits per heavy atom. The van der Waals surface area contributed by atoms with Gasteiger partial charge in [-0.3, -0.25) is 9.59 Å². The maximum absolute atomic E-state index is 12.1. The monoisotopic (exact) mass is 295 g/mol. The van der Waals surface area contributed by atoms with Crippen molar-refractivity contribution in [1.29, 1.82) is 0 Å². The molecule has 2 fully saturated rings. The molecule has 0 radical (unpaired) electrons. The molecule has 2 aliphatic rings. The van der Waals surface area contributed by atoms with Gasteiger partial charge in [-0.25, -0.2) is 0 Å². The Hall–Kier alpha value is -1.10. The third kappa shape index (κ3) is 5.30. The van der Waals surface area contributed by atoms with Crippen molar-refractivity contribution < 1.29 is 9.59 Å². The lowest BCUT2D eigenvalue weighted by atomic mass is 9.87. The van der Waals surface area contributed by atoms with E-state index in [4.69, 9.17) is 5.73 Å². The smallest absolute Gasteiger partial charge is 0.242 e. The maximum Gasteiger partial charge on any atom is 0.242 e. The van der Waals surface area contributed by atoms with E-state index in [1.165, 1.54) is 19.3 Å². The van der Waals surface area contributed by atoms with Crippen LogP contribution in [0.2, 0.25) is 0 Å². The SMILES string of the molecule is CC(NC(=O)CC1CCCCC1)C(=O)NC(CN)C1CC1. The van der Waals surface area contributed by atoms with Crippen molar-refractivity contribution in [3.63, 3.8) is 0 Å². The van der Waals surface area contributed by atoms with Crippen LogP contribution in [0.4, 0.5) is 0 Å². The second kappa shape index (κ2) is 7.78. The number of hydrogen-bond acceptors (Lipinski definition) is 3. The van der Waals surface area contributed by atoms with Crippen LogP contribution in [0.1, 0.15) is 58.3 Å². The number of rotatable bonds is 7. The van der Waals surface area contributed by atoms with Crippen molar-refractivity contribution in [3.05, 3.63) is 0 Å². The van der Waals surface area contributed by atoms with Gasteiger partial charge in [-0.1, -0.05) is 19.3 Å². The lowest BCUT2D eigenvalue weighted by Gasteiger charge is -2.23. The van der Waals surface area contributed by atoms with E-state index in [1.807, 2.05) is 0 Å². The average Bonchev–Trinajstić information content (AvgIpc) is 3.29. The third-order valence-corrected chi connectivity index (χ3v) is 4.74. The fourth-order valence-electron chi connectivity index (χ4n) is 3.19. The molecule has 5 heteroatoms. The molecule has 2 unspecified atom stereocenters. The van der Waals surface area contributed by atoms with Crippen LogP contribution in [-0.2, 0) is 9.59 Å². The van der Waals surface area contributed by atoms with Gasteiger partial charge in [0.1, 0.15) is 6.04 Å². The van der Waals surface area contributed by atoms with Crippen LogP contribution >= 0.6 is 0 Å². The van der Waals surface area contributed by atoms with Crippen molar-refractivity contribution in [1.82, 2.24) is 10.6 Å². The first-order chi connectivity index (χ1) is 10.1. The van der Waals surface area contributed by atoms with Gasteiger partial charge in [0, 0.05) is 19.0 Å². The molecule has 0 aliphatic heterocycles. The Balaban J connectivity index is 1.70. The van der Waals surface area contributed by atoms with Gasteiger partial charge >= 0.3 is 0 Å². The first-order valence-electron chi connectivity index (χ1n) is 8.40. The van der Waals surface area contributed by atoms with Crippen LogP contribution in [0.25, 0.3) is 0 Å². The number of carbonyl (C=O) groups is 2. The van der Waals surface area contributed by atoms with Gasteiger partial charge < -0.3 is 16.4 Å². The summed E-state index contributed by atoms with van der Waals surface area (Å²) < 4.78 is 0. The van der Waals surface area contributed by atoms with E-state index in [0.29, 0.717) is 24.8 Å². The van der Waals surface area contributed by atoms with Gasteiger partial charge in [0.15, 0.2) is 0 Å². The van der Waals surface area contributed by atoms with E-state index in [1.54, 1.807) is 6.92 Å². The lowest BCUT2D eigenvalue weighted by Crippen LogP contribution is -2.50. The molecule has 2 amide bonds. The topological polar surface area (TPSA) is 84.2 Å². The number of hydrogen-bond donors (Lipinski definition) is 3. The van der Waals surface area contributed by atoms with Gasteiger partial charge in [-0.15, -0.1) is 0 Å². The van der Waals surface area contributed by atoms with Crippen LogP contribution in [0.3, 0.4) is 0 Å². The largest absolute Gasteiger partial charge is 0.350 e. The summed E-state index contributed by atoms with van der Waals surface area (Å²) in [5.41, 5.74) is 5.69. The third-order valence-electron chi connectivity index (χ3n) is 4.74. The number of carbonyl (C=O) groups excluding carboxylic acids is 2.